The maximum Gasteiger partial charge on any atom is 0.209 e. The number of halogens is 1. The van der Waals surface area contributed by atoms with Crippen molar-refractivity contribution >= 4 is 34.2 Å². The number of thiazole rings is 1. The summed E-state index contributed by atoms with van der Waals surface area (Å²) in [7, 11) is 0. The minimum absolute atomic E-state index is 0.0692. The van der Waals surface area contributed by atoms with Gasteiger partial charge in [0.15, 0.2) is 5.78 Å². The van der Waals surface area contributed by atoms with Crippen molar-refractivity contribution in [3.8, 4) is 11.3 Å². The summed E-state index contributed by atoms with van der Waals surface area (Å²) >= 11 is 1.31. The fraction of sp³-hybridized carbons (Fsp3) is 0.0500. The number of aliphatic hydroxyl groups excluding tert-OH is 1. The summed E-state index contributed by atoms with van der Waals surface area (Å²) in [4.78, 5) is 21.0. The van der Waals surface area contributed by atoms with Gasteiger partial charge in [0.05, 0.1) is 11.3 Å². The predicted octanol–water partition coefficient (Wildman–Crippen LogP) is 5.13. The first-order chi connectivity index (χ1) is 12.5. The molecule has 1 heterocycles. The van der Waals surface area contributed by atoms with Crippen molar-refractivity contribution in [2.75, 3.05) is 0 Å². The fourth-order valence-corrected chi connectivity index (χ4v) is 3.46. The highest BCUT2D eigenvalue weighted by molar-refractivity contribution is 7.13. The summed E-state index contributed by atoms with van der Waals surface area (Å²) in [5, 5.41) is 12.5. The number of aliphatic imine (C=N–C) groups is 1. The van der Waals surface area contributed by atoms with Crippen LogP contribution in [-0.2, 0) is 0 Å². The Kier molecular flexibility index (Phi) is 3.97. The van der Waals surface area contributed by atoms with Gasteiger partial charge in [0.2, 0.25) is 5.13 Å². The number of carbonyl (C=O) groups excluding carboxylic acids is 1. The van der Waals surface area contributed by atoms with Gasteiger partial charge in [-0.05, 0) is 30.7 Å². The number of aryl methyl sites for hydroxylation is 1. The van der Waals surface area contributed by atoms with Gasteiger partial charge in [0.25, 0.3) is 0 Å². The summed E-state index contributed by atoms with van der Waals surface area (Å²) in [6.45, 7) is 1.70. The molecule has 0 aliphatic heterocycles. The number of allylic oxidation sites excluding steroid dienone is 1. The van der Waals surface area contributed by atoms with Crippen molar-refractivity contribution in [3.05, 3.63) is 75.9 Å². The SMILES string of the molecule is Cc1cc(-c2csc(N=CC3=C(O)c4ccccc4C3=O)n2)ccc1F. The van der Waals surface area contributed by atoms with Gasteiger partial charge in [0.1, 0.15) is 11.6 Å². The first kappa shape index (κ1) is 16.4. The highest BCUT2D eigenvalue weighted by Crippen LogP contribution is 2.31. The Morgan fingerprint density at radius 2 is 1.96 bits per heavy atom. The Balaban J connectivity index is 1.61. The molecule has 4 nitrogen and oxygen atoms in total. The van der Waals surface area contributed by atoms with Gasteiger partial charge in [-0.15, -0.1) is 11.3 Å². The molecule has 1 aromatic heterocycles. The van der Waals surface area contributed by atoms with E-state index < -0.39 is 0 Å². The summed E-state index contributed by atoms with van der Waals surface area (Å²) in [5.41, 5.74) is 3.16. The number of ketones is 1. The number of hydrogen-bond donors (Lipinski definition) is 1. The summed E-state index contributed by atoms with van der Waals surface area (Å²) in [6, 6.07) is 11.7. The average molecular weight is 364 g/mol. The molecule has 0 unspecified atom stereocenters. The van der Waals surface area contributed by atoms with Crippen LogP contribution in [0.2, 0.25) is 0 Å². The van der Waals surface area contributed by atoms with E-state index in [0.717, 1.165) is 5.56 Å². The predicted molar refractivity (Wildman–Crippen MR) is 101 cm³/mol. The zero-order valence-corrected chi connectivity index (χ0v) is 14.5. The molecule has 0 fully saturated rings. The Hall–Kier alpha value is -3.12. The quantitative estimate of drug-likeness (QED) is 0.656. The maximum absolute atomic E-state index is 13.4. The zero-order chi connectivity index (χ0) is 18.3. The molecule has 1 aliphatic rings. The van der Waals surface area contributed by atoms with Crippen molar-refractivity contribution in [2.45, 2.75) is 6.92 Å². The molecule has 2 aromatic carbocycles. The molecule has 0 bridgehead atoms. The Morgan fingerprint density at radius 1 is 1.19 bits per heavy atom. The van der Waals surface area contributed by atoms with Gasteiger partial charge in [-0.1, -0.05) is 24.3 Å². The van der Waals surface area contributed by atoms with Crippen LogP contribution in [0.3, 0.4) is 0 Å². The molecule has 4 rings (SSSR count). The number of Topliss-reactive ketones (excluding diaryl/α,β-unsaturated/α-hetero) is 1. The topological polar surface area (TPSA) is 62.6 Å². The number of aromatic nitrogens is 1. The van der Waals surface area contributed by atoms with E-state index in [2.05, 4.69) is 9.98 Å². The lowest BCUT2D eigenvalue weighted by atomic mass is 10.1. The van der Waals surface area contributed by atoms with E-state index in [0.29, 0.717) is 27.5 Å². The smallest absolute Gasteiger partial charge is 0.209 e. The molecule has 0 radical (unpaired) electrons. The molecule has 6 heteroatoms. The number of carbonyl (C=O) groups is 1. The van der Waals surface area contributed by atoms with Crippen LogP contribution in [0.4, 0.5) is 9.52 Å². The minimum atomic E-state index is -0.260. The van der Waals surface area contributed by atoms with Crippen LogP contribution >= 0.6 is 11.3 Å². The number of benzene rings is 2. The van der Waals surface area contributed by atoms with E-state index in [4.69, 9.17) is 0 Å². The van der Waals surface area contributed by atoms with Gasteiger partial charge in [-0.3, -0.25) is 4.79 Å². The molecular weight excluding hydrogens is 351 g/mol. The lowest BCUT2D eigenvalue weighted by Gasteiger charge is -1.99. The molecule has 1 N–H and O–H groups in total. The standard InChI is InChI=1S/C20H13FN2O2S/c1-11-8-12(6-7-16(11)21)17-10-26-20(23-17)22-9-15-18(24)13-4-2-3-5-14(13)19(15)25/h2-10,24H,1H3. The molecular formula is C20H13FN2O2S. The van der Waals surface area contributed by atoms with Crippen molar-refractivity contribution < 1.29 is 14.3 Å². The average Bonchev–Trinajstić information content (AvgIpc) is 3.21. The van der Waals surface area contributed by atoms with Crippen LogP contribution in [0.5, 0.6) is 0 Å². The largest absolute Gasteiger partial charge is 0.506 e. The molecule has 3 aromatic rings. The molecule has 0 atom stereocenters. The Labute approximate surface area is 153 Å². The number of aliphatic hydroxyl groups is 1. The lowest BCUT2D eigenvalue weighted by Crippen LogP contribution is -1.99. The number of hydrogen-bond acceptors (Lipinski definition) is 5. The van der Waals surface area contributed by atoms with Crippen molar-refractivity contribution in [1.29, 1.82) is 0 Å². The lowest BCUT2D eigenvalue weighted by molar-refractivity contribution is 0.104. The highest BCUT2D eigenvalue weighted by atomic mass is 32.1. The minimum Gasteiger partial charge on any atom is -0.506 e. The van der Waals surface area contributed by atoms with Gasteiger partial charge in [-0.25, -0.2) is 14.4 Å². The first-order valence-electron chi connectivity index (χ1n) is 7.88. The summed E-state index contributed by atoms with van der Waals surface area (Å²) < 4.78 is 13.4. The zero-order valence-electron chi connectivity index (χ0n) is 13.7. The van der Waals surface area contributed by atoms with Gasteiger partial charge in [0, 0.05) is 28.3 Å². The highest BCUT2D eigenvalue weighted by Gasteiger charge is 2.28. The summed E-state index contributed by atoms with van der Waals surface area (Å²) in [6.07, 6.45) is 1.34. The van der Waals surface area contributed by atoms with Crippen LogP contribution in [0.1, 0.15) is 21.5 Å². The Bertz CT molecular complexity index is 1100. The molecule has 0 saturated heterocycles. The van der Waals surface area contributed by atoms with Crippen LogP contribution in [0.25, 0.3) is 17.0 Å². The number of nitrogens with zero attached hydrogens (tertiary/aromatic N) is 2. The third-order valence-corrected chi connectivity index (χ3v) is 4.93. The number of fused-ring (bicyclic) bond motifs is 1. The third kappa shape index (κ3) is 2.74. The van der Waals surface area contributed by atoms with E-state index in [-0.39, 0.29) is 22.9 Å². The Morgan fingerprint density at radius 3 is 2.69 bits per heavy atom. The number of rotatable bonds is 3. The second kappa shape index (κ2) is 6.31. The fourth-order valence-electron chi connectivity index (χ4n) is 2.79. The van der Waals surface area contributed by atoms with E-state index in [9.17, 15) is 14.3 Å². The van der Waals surface area contributed by atoms with Gasteiger partial charge < -0.3 is 5.11 Å². The van der Waals surface area contributed by atoms with Crippen molar-refractivity contribution in [2.24, 2.45) is 4.99 Å². The van der Waals surface area contributed by atoms with Crippen LogP contribution in [0.15, 0.2) is 58.4 Å². The van der Waals surface area contributed by atoms with Crippen LogP contribution < -0.4 is 0 Å². The van der Waals surface area contributed by atoms with Gasteiger partial charge >= 0.3 is 0 Å². The van der Waals surface area contributed by atoms with E-state index in [1.54, 1.807) is 43.3 Å². The molecule has 0 saturated carbocycles. The van der Waals surface area contributed by atoms with Crippen LogP contribution in [0, 0.1) is 12.7 Å². The molecule has 0 amide bonds. The van der Waals surface area contributed by atoms with Crippen molar-refractivity contribution in [3.63, 3.8) is 0 Å². The van der Waals surface area contributed by atoms with Gasteiger partial charge in [-0.2, -0.15) is 0 Å². The van der Waals surface area contributed by atoms with Crippen LogP contribution in [-0.4, -0.2) is 22.1 Å². The second-order valence-corrected chi connectivity index (χ2v) is 6.71. The van der Waals surface area contributed by atoms with Crippen molar-refractivity contribution in [1.82, 2.24) is 4.98 Å². The molecule has 0 spiro atoms. The normalized spacial score (nSPS) is 13.7. The molecule has 128 valence electrons. The molecule has 26 heavy (non-hydrogen) atoms. The molecule has 1 aliphatic carbocycles. The first-order valence-corrected chi connectivity index (χ1v) is 8.76. The van der Waals surface area contributed by atoms with E-state index in [1.807, 2.05) is 5.38 Å². The van der Waals surface area contributed by atoms with E-state index >= 15 is 0 Å². The second-order valence-electron chi connectivity index (χ2n) is 5.87. The summed E-state index contributed by atoms with van der Waals surface area (Å²) in [5.74, 6) is -0.586. The maximum atomic E-state index is 13.4. The van der Waals surface area contributed by atoms with E-state index in [1.165, 1.54) is 23.6 Å². The third-order valence-electron chi connectivity index (χ3n) is 4.18. The monoisotopic (exact) mass is 364 g/mol.